The molecule has 1 saturated heterocycles. The van der Waals surface area contributed by atoms with E-state index in [1.165, 1.54) is 0 Å². The van der Waals surface area contributed by atoms with E-state index in [-0.39, 0.29) is 17.6 Å². The molecule has 1 aliphatic heterocycles. The lowest BCUT2D eigenvalue weighted by Crippen LogP contribution is -2.41. The Kier molecular flexibility index (Phi) is 6.65. The molecule has 3 rings (SSSR count). The van der Waals surface area contributed by atoms with Crippen LogP contribution in [0.4, 0.5) is 25.4 Å². The van der Waals surface area contributed by atoms with E-state index in [2.05, 4.69) is 16.1 Å². The number of nitrogens with zero attached hydrogens (tertiary/aromatic N) is 1. The van der Waals surface area contributed by atoms with Gasteiger partial charge in [-0.3, -0.25) is 10.2 Å². The van der Waals surface area contributed by atoms with Crippen LogP contribution in [0.15, 0.2) is 6.07 Å². The first-order valence-electron chi connectivity index (χ1n) is 10.6. The van der Waals surface area contributed by atoms with Crippen LogP contribution in [0.5, 0.6) is 0 Å². The van der Waals surface area contributed by atoms with Gasteiger partial charge in [-0.05, 0) is 58.6 Å². The molecule has 1 saturated carbocycles. The number of hydrogen-bond acceptors (Lipinski definition) is 6. The van der Waals surface area contributed by atoms with Crippen molar-refractivity contribution in [1.82, 2.24) is 16.2 Å². The normalized spacial score (nSPS) is 18.2. The van der Waals surface area contributed by atoms with E-state index in [0.29, 0.717) is 36.4 Å². The minimum atomic E-state index is -1.43. The molecule has 1 atom stereocenters. The molecule has 11 heteroatoms. The monoisotopic (exact) mass is 451 g/mol. The first-order chi connectivity index (χ1) is 14.9. The number of carboxylic acid groups (broad SMARTS) is 1. The highest BCUT2D eigenvalue weighted by Gasteiger charge is 2.32. The maximum Gasteiger partial charge on any atom is 0.423 e. The summed E-state index contributed by atoms with van der Waals surface area (Å²) < 4.78 is 20.5. The Hall–Kier alpha value is -3.24. The van der Waals surface area contributed by atoms with E-state index in [0.717, 1.165) is 18.9 Å². The fourth-order valence-corrected chi connectivity index (χ4v) is 3.68. The summed E-state index contributed by atoms with van der Waals surface area (Å²) in [6.45, 7) is 7.98. The fourth-order valence-electron chi connectivity index (χ4n) is 3.68. The molecule has 1 aromatic rings. The van der Waals surface area contributed by atoms with Crippen LogP contribution in [0.1, 0.15) is 56.0 Å². The van der Waals surface area contributed by atoms with Crippen molar-refractivity contribution in [2.45, 2.75) is 64.6 Å². The van der Waals surface area contributed by atoms with E-state index in [1.807, 2.05) is 4.90 Å². The number of benzene rings is 1. The highest BCUT2D eigenvalue weighted by atomic mass is 19.1. The Bertz CT molecular complexity index is 913. The number of rotatable bonds is 5. The lowest BCUT2D eigenvalue weighted by molar-refractivity contribution is 0.0508. The van der Waals surface area contributed by atoms with Gasteiger partial charge in [0, 0.05) is 19.1 Å². The van der Waals surface area contributed by atoms with Crippen molar-refractivity contribution >= 4 is 29.5 Å². The molecular formula is C21H30FN5O5. The molecule has 0 bridgehead atoms. The van der Waals surface area contributed by atoms with Gasteiger partial charge >= 0.3 is 12.2 Å². The maximum atomic E-state index is 15.2. The SMILES string of the molecule is Cc1c(NC2CC2)c(C(=O)NNC(=O)O)cc(F)c1N1CCC(NC(=O)OC(C)(C)C)C1. The van der Waals surface area contributed by atoms with Crippen LogP contribution in [0.25, 0.3) is 0 Å². The van der Waals surface area contributed by atoms with E-state index in [9.17, 15) is 14.4 Å². The average Bonchev–Trinajstić information content (AvgIpc) is 3.38. The Labute approximate surface area is 185 Å². The van der Waals surface area contributed by atoms with Gasteiger partial charge in [0.15, 0.2) is 0 Å². The first kappa shape index (κ1) is 23.4. The van der Waals surface area contributed by atoms with Gasteiger partial charge in [-0.25, -0.2) is 19.4 Å². The predicted octanol–water partition coefficient (Wildman–Crippen LogP) is 2.72. The number of carbonyl (C=O) groups is 3. The van der Waals surface area contributed by atoms with Crippen LogP contribution in [0.3, 0.4) is 0 Å². The van der Waals surface area contributed by atoms with Crippen molar-refractivity contribution in [1.29, 1.82) is 0 Å². The van der Waals surface area contributed by atoms with Crippen LogP contribution in [0, 0.1) is 12.7 Å². The van der Waals surface area contributed by atoms with E-state index < -0.39 is 29.5 Å². The van der Waals surface area contributed by atoms with E-state index in [1.54, 1.807) is 33.1 Å². The maximum absolute atomic E-state index is 15.2. The van der Waals surface area contributed by atoms with Crippen molar-refractivity contribution in [2.75, 3.05) is 23.3 Å². The van der Waals surface area contributed by atoms with Crippen LogP contribution < -0.4 is 26.4 Å². The molecule has 5 N–H and O–H groups in total. The average molecular weight is 451 g/mol. The van der Waals surface area contributed by atoms with Crippen LogP contribution >= 0.6 is 0 Å². The number of nitrogens with one attached hydrogen (secondary N) is 4. The molecule has 0 aromatic heterocycles. The minimum absolute atomic E-state index is 0.0204. The largest absolute Gasteiger partial charge is 0.464 e. The summed E-state index contributed by atoms with van der Waals surface area (Å²) in [5.41, 5.74) is 4.63. The number of carbonyl (C=O) groups excluding carboxylic acids is 2. The molecule has 176 valence electrons. The Morgan fingerprint density at radius 3 is 2.44 bits per heavy atom. The molecule has 32 heavy (non-hydrogen) atoms. The molecule has 3 amide bonds. The standard InChI is InChI=1S/C21H30FN5O5/c1-11-16(23-12-5-6-12)14(18(28)25-26-19(29)30)9-15(22)17(11)27-8-7-13(10-27)24-20(31)32-21(2,3)4/h9,12-13,23,26H,5-8,10H2,1-4H3,(H,24,31)(H,25,28)(H,29,30). The predicted molar refractivity (Wildman–Crippen MR) is 116 cm³/mol. The Balaban J connectivity index is 1.80. The zero-order chi connectivity index (χ0) is 23.6. The van der Waals surface area contributed by atoms with Crippen molar-refractivity contribution in [2.24, 2.45) is 0 Å². The highest BCUT2D eigenvalue weighted by molar-refractivity contribution is 6.02. The summed E-state index contributed by atoms with van der Waals surface area (Å²) in [6, 6.07) is 1.10. The van der Waals surface area contributed by atoms with Gasteiger partial charge in [-0.15, -0.1) is 0 Å². The fraction of sp³-hybridized carbons (Fsp3) is 0.571. The van der Waals surface area contributed by atoms with Crippen LogP contribution in [-0.2, 0) is 4.74 Å². The van der Waals surface area contributed by atoms with Crippen molar-refractivity contribution in [3.05, 3.63) is 23.0 Å². The van der Waals surface area contributed by atoms with Crippen LogP contribution in [0.2, 0.25) is 0 Å². The highest BCUT2D eigenvalue weighted by Crippen LogP contribution is 2.37. The Morgan fingerprint density at radius 2 is 1.84 bits per heavy atom. The van der Waals surface area contributed by atoms with Gasteiger partial charge < -0.3 is 25.4 Å². The van der Waals surface area contributed by atoms with Gasteiger partial charge in [-0.1, -0.05) is 0 Å². The number of ether oxygens (including phenoxy) is 1. The summed E-state index contributed by atoms with van der Waals surface area (Å²) in [5, 5.41) is 14.8. The third-order valence-electron chi connectivity index (χ3n) is 5.18. The number of anilines is 2. The third kappa shape index (κ3) is 5.92. The molecule has 1 aliphatic carbocycles. The second-order valence-electron chi connectivity index (χ2n) is 9.14. The smallest absolute Gasteiger partial charge is 0.423 e. The molecular weight excluding hydrogens is 421 g/mol. The van der Waals surface area contributed by atoms with Crippen LogP contribution in [-0.4, -0.2) is 54.0 Å². The second-order valence-corrected chi connectivity index (χ2v) is 9.14. The summed E-state index contributed by atoms with van der Waals surface area (Å²) >= 11 is 0. The van der Waals surface area contributed by atoms with Gasteiger partial charge in [0.1, 0.15) is 11.4 Å². The van der Waals surface area contributed by atoms with Gasteiger partial charge in [0.2, 0.25) is 0 Å². The number of hydrazine groups is 1. The van der Waals surface area contributed by atoms with E-state index >= 15 is 4.39 Å². The molecule has 0 spiro atoms. The second kappa shape index (κ2) is 9.09. The summed E-state index contributed by atoms with van der Waals surface area (Å²) in [5.74, 6) is -1.35. The summed E-state index contributed by atoms with van der Waals surface area (Å²) in [4.78, 5) is 37.1. The van der Waals surface area contributed by atoms with Crippen molar-refractivity contribution < 1.29 is 28.6 Å². The van der Waals surface area contributed by atoms with Gasteiger partial charge in [-0.2, -0.15) is 0 Å². The molecule has 1 aromatic carbocycles. The number of hydrogen-bond donors (Lipinski definition) is 5. The zero-order valence-electron chi connectivity index (χ0n) is 18.7. The van der Waals surface area contributed by atoms with Gasteiger partial charge in [0.05, 0.1) is 23.0 Å². The van der Waals surface area contributed by atoms with E-state index in [4.69, 9.17) is 9.84 Å². The van der Waals surface area contributed by atoms with Gasteiger partial charge in [0.25, 0.3) is 5.91 Å². The zero-order valence-corrected chi connectivity index (χ0v) is 18.7. The topological polar surface area (TPSA) is 132 Å². The quantitative estimate of drug-likeness (QED) is 0.435. The molecule has 1 heterocycles. The van der Waals surface area contributed by atoms with Crippen molar-refractivity contribution in [3.63, 3.8) is 0 Å². The molecule has 2 aliphatic rings. The first-order valence-corrected chi connectivity index (χ1v) is 10.6. The summed E-state index contributed by atoms with van der Waals surface area (Å²) in [6.07, 6.45) is 0.548. The third-order valence-corrected chi connectivity index (χ3v) is 5.18. The number of amides is 3. The molecule has 2 fully saturated rings. The number of alkyl carbamates (subject to hydrolysis) is 1. The van der Waals surface area contributed by atoms with Crippen molar-refractivity contribution in [3.8, 4) is 0 Å². The lowest BCUT2D eigenvalue weighted by atomic mass is 10.0. The molecule has 10 nitrogen and oxygen atoms in total. The lowest BCUT2D eigenvalue weighted by Gasteiger charge is -2.26. The summed E-state index contributed by atoms with van der Waals surface area (Å²) in [7, 11) is 0. The molecule has 0 radical (unpaired) electrons. The molecule has 1 unspecified atom stereocenters. The minimum Gasteiger partial charge on any atom is -0.464 e. The number of halogens is 1. The Morgan fingerprint density at radius 1 is 1.16 bits per heavy atom.